The van der Waals surface area contributed by atoms with E-state index in [0.717, 1.165) is 4.88 Å². The molecule has 0 unspecified atom stereocenters. The van der Waals surface area contributed by atoms with E-state index in [0.29, 0.717) is 45.9 Å². The first-order valence-electron chi connectivity index (χ1n) is 11.1. The molecule has 2 amide bonds. The molecule has 0 radical (unpaired) electrons. The third kappa shape index (κ3) is 4.29. The van der Waals surface area contributed by atoms with Crippen LogP contribution in [0.4, 0.5) is 0 Å². The molecule has 8 nitrogen and oxygen atoms in total. The lowest BCUT2D eigenvalue weighted by Crippen LogP contribution is -2.43. The average Bonchev–Trinajstić information content (AvgIpc) is 3.43. The second kappa shape index (κ2) is 9.47. The van der Waals surface area contributed by atoms with Crippen LogP contribution in [0, 0.1) is 0 Å². The number of fused-ring (bicyclic) bond motifs is 2. The van der Waals surface area contributed by atoms with Crippen molar-refractivity contribution in [2.45, 2.75) is 19.9 Å². The van der Waals surface area contributed by atoms with Crippen LogP contribution < -0.4 is 16.4 Å². The smallest absolute Gasteiger partial charge is 0.267 e. The first-order chi connectivity index (χ1) is 17.1. The summed E-state index contributed by atoms with van der Waals surface area (Å²) in [4.78, 5) is 44.5. The lowest BCUT2D eigenvalue weighted by atomic mass is 10.1. The summed E-state index contributed by atoms with van der Waals surface area (Å²) in [5.74, 6) is -1.10. The van der Waals surface area contributed by atoms with Crippen LogP contribution in [-0.2, 0) is 6.54 Å². The summed E-state index contributed by atoms with van der Waals surface area (Å²) in [6.07, 6.45) is 0.685. The van der Waals surface area contributed by atoms with Crippen molar-refractivity contribution in [1.82, 2.24) is 25.6 Å². The Labute approximate surface area is 204 Å². The number of carbonyl (C=O) groups is 2. The Morgan fingerprint density at radius 1 is 0.914 bits per heavy atom. The number of pyridine rings is 1. The maximum atomic E-state index is 13.2. The number of aromatic nitrogens is 3. The van der Waals surface area contributed by atoms with Gasteiger partial charge in [0.2, 0.25) is 0 Å². The number of thiophene rings is 1. The van der Waals surface area contributed by atoms with Gasteiger partial charge in [0.05, 0.1) is 27.0 Å². The quantitative estimate of drug-likeness (QED) is 0.365. The number of carbonyl (C=O) groups excluding carboxylic acids is 2. The number of rotatable bonds is 5. The van der Waals surface area contributed by atoms with Gasteiger partial charge >= 0.3 is 0 Å². The standard InChI is InChI=1S/C26H21N5O3S/c1-2-13-31-26(34)18-10-4-3-9-17(18)23(30-31)25(33)29-28-24(32)19-15-21(22-12-7-14-35-22)27-20-11-6-5-8-16(19)20/h3-12,14-15H,2,13H2,1H3,(H,28,32)(H,29,33). The Bertz CT molecular complexity index is 1630. The Morgan fingerprint density at radius 2 is 1.63 bits per heavy atom. The molecule has 0 aliphatic heterocycles. The van der Waals surface area contributed by atoms with E-state index in [1.165, 1.54) is 16.0 Å². The first-order valence-corrected chi connectivity index (χ1v) is 12.0. The summed E-state index contributed by atoms with van der Waals surface area (Å²) in [5, 5.41) is 7.70. The molecule has 174 valence electrons. The first kappa shape index (κ1) is 22.4. The van der Waals surface area contributed by atoms with Gasteiger partial charge in [-0.3, -0.25) is 25.2 Å². The van der Waals surface area contributed by atoms with E-state index >= 15 is 0 Å². The van der Waals surface area contributed by atoms with Crippen molar-refractivity contribution in [3.05, 3.63) is 93.7 Å². The molecule has 0 aliphatic carbocycles. The zero-order valence-electron chi connectivity index (χ0n) is 18.8. The summed E-state index contributed by atoms with van der Waals surface area (Å²) < 4.78 is 1.28. The van der Waals surface area contributed by atoms with Gasteiger partial charge in [-0.25, -0.2) is 9.67 Å². The number of hydrogen-bond donors (Lipinski definition) is 2. The molecule has 0 saturated carbocycles. The largest absolute Gasteiger partial charge is 0.290 e. The molecule has 3 aromatic heterocycles. The molecule has 3 heterocycles. The highest BCUT2D eigenvalue weighted by Gasteiger charge is 2.19. The molecule has 9 heteroatoms. The molecule has 5 rings (SSSR count). The number of hydrogen-bond acceptors (Lipinski definition) is 6. The van der Waals surface area contributed by atoms with Crippen molar-refractivity contribution in [3.63, 3.8) is 0 Å². The van der Waals surface area contributed by atoms with Gasteiger partial charge in [-0.1, -0.05) is 49.4 Å². The number of nitrogens with one attached hydrogen (secondary N) is 2. The van der Waals surface area contributed by atoms with Crippen LogP contribution in [0.2, 0.25) is 0 Å². The molecule has 0 spiro atoms. The fourth-order valence-corrected chi connectivity index (χ4v) is 4.61. The Hall–Kier alpha value is -4.37. The van der Waals surface area contributed by atoms with E-state index in [1.54, 1.807) is 30.3 Å². The van der Waals surface area contributed by atoms with Crippen LogP contribution in [0.5, 0.6) is 0 Å². The monoisotopic (exact) mass is 483 g/mol. The van der Waals surface area contributed by atoms with Crippen molar-refractivity contribution >= 4 is 44.8 Å². The molecule has 0 aliphatic rings. The van der Waals surface area contributed by atoms with Crippen LogP contribution in [0.25, 0.3) is 32.2 Å². The summed E-state index contributed by atoms with van der Waals surface area (Å²) in [5.41, 5.74) is 6.50. The van der Waals surface area contributed by atoms with Crippen LogP contribution in [0.1, 0.15) is 34.2 Å². The van der Waals surface area contributed by atoms with E-state index in [4.69, 9.17) is 0 Å². The number of nitrogens with zero attached hydrogens (tertiary/aromatic N) is 3. The van der Waals surface area contributed by atoms with Gasteiger partial charge < -0.3 is 0 Å². The predicted molar refractivity (Wildman–Crippen MR) is 136 cm³/mol. The van der Waals surface area contributed by atoms with Crippen molar-refractivity contribution in [2.24, 2.45) is 0 Å². The Balaban J connectivity index is 1.47. The van der Waals surface area contributed by atoms with Crippen LogP contribution in [0.15, 0.2) is 76.9 Å². The normalized spacial score (nSPS) is 11.0. The van der Waals surface area contributed by atoms with Gasteiger partial charge in [0.25, 0.3) is 17.4 Å². The molecular formula is C26H21N5O3S. The minimum absolute atomic E-state index is 0.0628. The van der Waals surface area contributed by atoms with Gasteiger partial charge in [-0.05, 0) is 36.1 Å². The zero-order chi connectivity index (χ0) is 24.4. The third-order valence-electron chi connectivity index (χ3n) is 5.54. The maximum Gasteiger partial charge on any atom is 0.290 e. The SMILES string of the molecule is CCCn1nc(C(=O)NNC(=O)c2cc(-c3cccs3)nc3ccccc23)c2ccccc2c1=O. The molecule has 35 heavy (non-hydrogen) atoms. The predicted octanol–water partition coefficient (Wildman–Crippen LogP) is 4.16. The van der Waals surface area contributed by atoms with Crippen molar-refractivity contribution in [1.29, 1.82) is 0 Å². The highest BCUT2D eigenvalue weighted by atomic mass is 32.1. The minimum atomic E-state index is -0.615. The van der Waals surface area contributed by atoms with E-state index in [1.807, 2.05) is 48.7 Å². The number of amides is 2. The van der Waals surface area contributed by atoms with Gasteiger partial charge in [0.15, 0.2) is 5.69 Å². The van der Waals surface area contributed by atoms with Crippen LogP contribution >= 0.6 is 11.3 Å². The summed E-state index contributed by atoms with van der Waals surface area (Å²) in [6, 6.07) is 19.7. The van der Waals surface area contributed by atoms with E-state index in [-0.39, 0.29) is 11.3 Å². The summed E-state index contributed by atoms with van der Waals surface area (Å²) in [7, 11) is 0. The number of para-hydroxylation sites is 1. The second-order valence-corrected chi connectivity index (χ2v) is 8.83. The lowest BCUT2D eigenvalue weighted by molar-refractivity contribution is 0.0844. The fourth-order valence-electron chi connectivity index (χ4n) is 3.92. The van der Waals surface area contributed by atoms with Crippen LogP contribution in [-0.4, -0.2) is 26.6 Å². The van der Waals surface area contributed by atoms with E-state index < -0.39 is 11.8 Å². The topological polar surface area (TPSA) is 106 Å². The number of aryl methyl sites for hydroxylation is 1. The molecule has 0 saturated heterocycles. The lowest BCUT2D eigenvalue weighted by Gasteiger charge is -2.13. The van der Waals surface area contributed by atoms with E-state index in [2.05, 4.69) is 20.9 Å². The summed E-state index contributed by atoms with van der Waals surface area (Å²) in [6.45, 7) is 2.30. The molecule has 0 fully saturated rings. The highest BCUT2D eigenvalue weighted by Crippen LogP contribution is 2.27. The van der Waals surface area contributed by atoms with Gasteiger partial charge in [0, 0.05) is 17.3 Å². The fraction of sp³-hybridized carbons (Fsp3) is 0.115. The number of hydrazine groups is 1. The van der Waals surface area contributed by atoms with Crippen molar-refractivity contribution in [3.8, 4) is 10.6 Å². The zero-order valence-corrected chi connectivity index (χ0v) is 19.6. The molecule has 2 N–H and O–H groups in total. The molecular weight excluding hydrogens is 462 g/mol. The van der Waals surface area contributed by atoms with Crippen molar-refractivity contribution < 1.29 is 9.59 Å². The Kier molecular flexibility index (Phi) is 6.07. The van der Waals surface area contributed by atoms with Gasteiger partial charge in [-0.15, -0.1) is 11.3 Å². The highest BCUT2D eigenvalue weighted by molar-refractivity contribution is 7.13. The molecule has 2 aromatic carbocycles. The Morgan fingerprint density at radius 3 is 2.37 bits per heavy atom. The summed E-state index contributed by atoms with van der Waals surface area (Å²) >= 11 is 1.53. The molecule has 0 bridgehead atoms. The average molecular weight is 484 g/mol. The molecule has 0 atom stereocenters. The van der Waals surface area contributed by atoms with Crippen LogP contribution in [0.3, 0.4) is 0 Å². The van der Waals surface area contributed by atoms with Gasteiger partial charge in [0.1, 0.15) is 0 Å². The third-order valence-corrected chi connectivity index (χ3v) is 6.43. The maximum absolute atomic E-state index is 13.2. The minimum Gasteiger partial charge on any atom is -0.267 e. The molecule has 5 aromatic rings. The van der Waals surface area contributed by atoms with E-state index in [9.17, 15) is 14.4 Å². The van der Waals surface area contributed by atoms with Gasteiger partial charge in [-0.2, -0.15) is 5.10 Å². The second-order valence-electron chi connectivity index (χ2n) is 7.88. The van der Waals surface area contributed by atoms with Crippen molar-refractivity contribution in [2.75, 3.05) is 0 Å². The number of benzene rings is 2.